The molecule has 1 fully saturated rings. The van der Waals surface area contributed by atoms with E-state index in [4.69, 9.17) is 32.2 Å². The first kappa shape index (κ1) is 26.4. The fraction of sp³-hybridized carbons (Fsp3) is 0.296. The van der Waals surface area contributed by atoms with Crippen molar-refractivity contribution in [3.63, 3.8) is 0 Å². The SMILES string of the molecule is CCNC1(C(N)=O)CCN(c2ncnc3c2nc(-c2ccccc2Cl)n3-c2ccc(OCC(=O)O)cc2)CC1. The third kappa shape index (κ3) is 5.10. The number of ether oxygens (including phenoxy) is 1. The van der Waals surface area contributed by atoms with Crippen molar-refractivity contribution in [2.75, 3.05) is 31.1 Å². The number of rotatable bonds is 9. The number of hydrogen-bond donors (Lipinski definition) is 3. The van der Waals surface area contributed by atoms with E-state index in [0.717, 1.165) is 5.69 Å². The molecular formula is C27H28ClN7O4. The summed E-state index contributed by atoms with van der Waals surface area (Å²) in [4.78, 5) is 39.4. The highest BCUT2D eigenvalue weighted by molar-refractivity contribution is 6.33. The number of nitrogens with zero attached hydrogens (tertiary/aromatic N) is 5. The van der Waals surface area contributed by atoms with Gasteiger partial charge in [0.15, 0.2) is 23.6 Å². The summed E-state index contributed by atoms with van der Waals surface area (Å²) in [5.74, 6) is 0.252. The second-order valence-corrected chi connectivity index (χ2v) is 9.67. The minimum atomic E-state index is -1.05. The molecule has 0 spiro atoms. The number of aromatic nitrogens is 4. The Morgan fingerprint density at radius 1 is 1.13 bits per heavy atom. The number of carbonyl (C=O) groups excluding carboxylic acids is 1. The maximum atomic E-state index is 12.3. The van der Waals surface area contributed by atoms with Crippen molar-refractivity contribution in [2.45, 2.75) is 25.3 Å². The Kier molecular flexibility index (Phi) is 7.36. The molecule has 1 saturated heterocycles. The number of nitrogens with two attached hydrogens (primary N) is 1. The second-order valence-electron chi connectivity index (χ2n) is 9.26. The number of carbonyl (C=O) groups is 2. The number of primary amides is 1. The van der Waals surface area contributed by atoms with E-state index in [9.17, 15) is 9.59 Å². The number of carboxylic acids is 1. The van der Waals surface area contributed by atoms with Crippen LogP contribution >= 0.6 is 11.6 Å². The summed E-state index contributed by atoms with van der Waals surface area (Å²) >= 11 is 6.59. The number of fused-ring (bicyclic) bond motifs is 1. The van der Waals surface area contributed by atoms with E-state index in [2.05, 4.69) is 20.2 Å². The molecule has 3 heterocycles. The molecule has 2 aromatic carbocycles. The minimum absolute atomic E-state index is 0.349. The standard InChI is InChI=1S/C27H28ClN7O4/c1-2-32-27(26(29)38)11-13-34(14-12-27)24-22-25(31-16-30-24)35(23(33-22)19-5-3-4-6-20(19)28)17-7-9-18(10-8-17)39-15-21(36)37/h3-10,16,32H,2,11-15H2,1H3,(H2,29,38)(H,36,37). The molecule has 39 heavy (non-hydrogen) atoms. The van der Waals surface area contributed by atoms with E-state index in [1.807, 2.05) is 29.7 Å². The van der Waals surface area contributed by atoms with Crippen molar-refractivity contribution < 1.29 is 19.4 Å². The summed E-state index contributed by atoms with van der Waals surface area (Å²) in [6, 6.07) is 14.4. The summed E-state index contributed by atoms with van der Waals surface area (Å²) in [5.41, 5.74) is 7.63. The zero-order chi connectivity index (χ0) is 27.6. The molecule has 1 amide bonds. The van der Waals surface area contributed by atoms with Crippen LogP contribution in [0.4, 0.5) is 5.82 Å². The highest BCUT2D eigenvalue weighted by atomic mass is 35.5. The van der Waals surface area contributed by atoms with Gasteiger partial charge in [-0.2, -0.15) is 0 Å². The largest absolute Gasteiger partial charge is 0.482 e. The molecule has 2 aromatic heterocycles. The van der Waals surface area contributed by atoms with Gasteiger partial charge in [0.1, 0.15) is 23.4 Å². The van der Waals surface area contributed by atoms with Gasteiger partial charge in [-0.25, -0.2) is 19.7 Å². The molecule has 0 atom stereocenters. The minimum Gasteiger partial charge on any atom is -0.482 e. The molecule has 5 rings (SSSR count). The molecule has 0 unspecified atom stereocenters. The van der Waals surface area contributed by atoms with E-state index in [-0.39, 0.29) is 5.91 Å². The molecule has 202 valence electrons. The van der Waals surface area contributed by atoms with Crippen molar-refractivity contribution in [1.82, 2.24) is 24.8 Å². The fourth-order valence-electron chi connectivity index (χ4n) is 4.97. The zero-order valence-corrected chi connectivity index (χ0v) is 22.1. The van der Waals surface area contributed by atoms with Crippen LogP contribution in [0, 0.1) is 0 Å². The van der Waals surface area contributed by atoms with Crippen LogP contribution in [0.2, 0.25) is 5.02 Å². The van der Waals surface area contributed by atoms with E-state index < -0.39 is 18.1 Å². The highest BCUT2D eigenvalue weighted by Gasteiger charge is 2.40. The molecular weight excluding hydrogens is 522 g/mol. The summed E-state index contributed by atoms with van der Waals surface area (Å²) in [6.07, 6.45) is 2.58. The highest BCUT2D eigenvalue weighted by Crippen LogP contribution is 2.36. The van der Waals surface area contributed by atoms with Gasteiger partial charge in [-0.05, 0) is 55.8 Å². The van der Waals surface area contributed by atoms with Crippen molar-refractivity contribution in [2.24, 2.45) is 5.73 Å². The van der Waals surface area contributed by atoms with Crippen molar-refractivity contribution >= 4 is 40.5 Å². The number of carboxylic acid groups (broad SMARTS) is 1. The normalized spacial score (nSPS) is 14.9. The van der Waals surface area contributed by atoms with Gasteiger partial charge in [-0.3, -0.25) is 9.36 Å². The van der Waals surface area contributed by atoms with Crippen LogP contribution in [-0.2, 0) is 9.59 Å². The number of aliphatic carboxylic acids is 1. The van der Waals surface area contributed by atoms with Gasteiger partial charge in [-0.15, -0.1) is 0 Å². The van der Waals surface area contributed by atoms with Gasteiger partial charge < -0.3 is 25.8 Å². The van der Waals surface area contributed by atoms with Crippen LogP contribution in [0.25, 0.3) is 28.2 Å². The van der Waals surface area contributed by atoms with Gasteiger partial charge in [0.2, 0.25) is 5.91 Å². The number of imidazole rings is 1. The molecule has 0 radical (unpaired) electrons. The number of hydrogen-bond acceptors (Lipinski definition) is 8. The number of nitrogens with one attached hydrogen (secondary N) is 1. The summed E-state index contributed by atoms with van der Waals surface area (Å²) in [6.45, 7) is 3.29. The zero-order valence-electron chi connectivity index (χ0n) is 21.3. The lowest BCUT2D eigenvalue weighted by Crippen LogP contribution is -2.61. The number of benzene rings is 2. The van der Waals surface area contributed by atoms with E-state index in [1.54, 1.807) is 30.3 Å². The predicted octanol–water partition coefficient (Wildman–Crippen LogP) is 3.03. The topological polar surface area (TPSA) is 148 Å². The molecule has 0 aliphatic carbocycles. The van der Waals surface area contributed by atoms with Gasteiger partial charge >= 0.3 is 5.97 Å². The Morgan fingerprint density at radius 2 is 1.85 bits per heavy atom. The van der Waals surface area contributed by atoms with Crippen molar-refractivity contribution in [3.05, 3.63) is 59.9 Å². The lowest BCUT2D eigenvalue weighted by atomic mass is 9.86. The average Bonchev–Trinajstić information content (AvgIpc) is 3.32. The average molecular weight is 550 g/mol. The lowest BCUT2D eigenvalue weighted by molar-refractivity contribution is -0.139. The Bertz CT molecular complexity index is 1510. The molecule has 12 heteroatoms. The predicted molar refractivity (Wildman–Crippen MR) is 147 cm³/mol. The van der Waals surface area contributed by atoms with Crippen molar-refractivity contribution in [3.8, 4) is 22.8 Å². The first-order valence-corrected chi connectivity index (χ1v) is 12.9. The molecule has 11 nitrogen and oxygen atoms in total. The first-order valence-electron chi connectivity index (χ1n) is 12.6. The quantitative estimate of drug-likeness (QED) is 0.286. The van der Waals surface area contributed by atoms with Gasteiger partial charge in [0, 0.05) is 24.3 Å². The Morgan fingerprint density at radius 3 is 2.49 bits per heavy atom. The van der Waals surface area contributed by atoms with Crippen molar-refractivity contribution in [1.29, 1.82) is 0 Å². The Labute approximate surface area is 229 Å². The summed E-state index contributed by atoms with van der Waals surface area (Å²) < 4.78 is 7.18. The van der Waals surface area contributed by atoms with Crippen LogP contribution < -0.4 is 20.7 Å². The maximum Gasteiger partial charge on any atom is 0.341 e. The lowest BCUT2D eigenvalue weighted by Gasteiger charge is -2.40. The van der Waals surface area contributed by atoms with E-state index >= 15 is 0 Å². The van der Waals surface area contributed by atoms with E-state index in [0.29, 0.717) is 71.6 Å². The molecule has 4 N–H and O–H groups in total. The maximum absolute atomic E-state index is 12.3. The first-order chi connectivity index (χ1) is 18.8. The van der Waals surface area contributed by atoms with Crippen LogP contribution in [-0.4, -0.2) is 68.3 Å². The summed E-state index contributed by atoms with van der Waals surface area (Å²) in [7, 11) is 0. The molecule has 0 bridgehead atoms. The smallest absolute Gasteiger partial charge is 0.341 e. The van der Waals surface area contributed by atoms with Crippen LogP contribution in [0.3, 0.4) is 0 Å². The van der Waals surface area contributed by atoms with E-state index in [1.165, 1.54) is 6.33 Å². The fourth-order valence-corrected chi connectivity index (χ4v) is 5.19. The van der Waals surface area contributed by atoms with Crippen LogP contribution in [0.5, 0.6) is 5.75 Å². The number of anilines is 1. The van der Waals surface area contributed by atoms with Gasteiger partial charge in [-0.1, -0.05) is 30.7 Å². The Hall–Kier alpha value is -4.22. The third-order valence-electron chi connectivity index (χ3n) is 6.90. The molecule has 1 aliphatic heterocycles. The van der Waals surface area contributed by atoms with Crippen LogP contribution in [0.15, 0.2) is 54.9 Å². The van der Waals surface area contributed by atoms with Crippen LogP contribution in [0.1, 0.15) is 19.8 Å². The summed E-state index contributed by atoms with van der Waals surface area (Å²) in [5, 5.41) is 12.7. The number of piperidine rings is 1. The van der Waals surface area contributed by atoms with Gasteiger partial charge in [0.25, 0.3) is 0 Å². The Balaban J connectivity index is 1.58. The number of halogens is 1. The third-order valence-corrected chi connectivity index (χ3v) is 7.23. The number of amides is 1. The van der Waals surface area contributed by atoms with Gasteiger partial charge in [0.05, 0.1) is 5.02 Å². The molecule has 1 aliphatic rings. The molecule has 0 saturated carbocycles. The second kappa shape index (κ2) is 10.9. The number of likely N-dealkylation sites (N-methyl/N-ethyl adjacent to an activating group) is 1. The monoisotopic (exact) mass is 549 g/mol. The molecule has 4 aromatic rings.